The van der Waals surface area contributed by atoms with Crippen LogP contribution in [0.25, 0.3) is 11.3 Å². The predicted octanol–water partition coefficient (Wildman–Crippen LogP) is 4.84. The first kappa shape index (κ1) is 22.3. The molecule has 2 heterocycles. The van der Waals surface area contributed by atoms with Gasteiger partial charge in [-0.25, -0.2) is 14.1 Å². The van der Waals surface area contributed by atoms with Gasteiger partial charge in [-0.1, -0.05) is 0 Å². The Morgan fingerprint density at radius 3 is 2.33 bits per heavy atom. The number of carbonyl (C=O) groups is 2. The van der Waals surface area contributed by atoms with Crippen LogP contribution >= 0.6 is 0 Å². The molecule has 6 nitrogen and oxygen atoms in total. The van der Waals surface area contributed by atoms with Gasteiger partial charge in [0.15, 0.2) is 0 Å². The van der Waals surface area contributed by atoms with E-state index in [1.165, 1.54) is 24.3 Å². The molecule has 0 bridgehead atoms. The first-order valence-electron chi connectivity index (χ1n) is 9.77. The van der Waals surface area contributed by atoms with E-state index in [-0.39, 0.29) is 17.9 Å². The lowest BCUT2D eigenvalue weighted by Gasteiger charge is -2.22. The second kappa shape index (κ2) is 8.19. The maximum absolute atomic E-state index is 13.2. The number of rotatable bonds is 5. The highest BCUT2D eigenvalue weighted by Gasteiger charge is 2.48. The molecule has 1 atom stereocenters. The first-order valence-corrected chi connectivity index (χ1v) is 9.77. The largest absolute Gasteiger partial charge is 0.573 e. The third-order valence-corrected chi connectivity index (χ3v) is 5.11. The highest BCUT2D eigenvalue weighted by Crippen LogP contribution is 2.31. The van der Waals surface area contributed by atoms with Gasteiger partial charge in [-0.3, -0.25) is 9.78 Å². The number of imide groups is 1. The normalized spacial score (nSPS) is 18.4. The van der Waals surface area contributed by atoms with E-state index in [1.807, 2.05) is 0 Å². The standard InChI is InChI=1S/C23H17F4N3O3/c1-22(13-14-10-11-28-19(12-14)15-2-4-16(24)5-3-15)20(31)30(21(32)29-22)17-6-8-18(9-7-17)33-23(25,26)27/h2-12H,13H2,1H3,(H,29,32). The molecule has 0 aliphatic carbocycles. The number of benzene rings is 2. The number of nitrogens with zero attached hydrogens (tertiary/aromatic N) is 2. The SMILES string of the molecule is CC1(Cc2ccnc(-c3ccc(F)cc3)c2)NC(=O)N(c2ccc(OC(F)(F)F)cc2)C1=O. The fourth-order valence-corrected chi connectivity index (χ4v) is 3.61. The lowest BCUT2D eigenvalue weighted by molar-refractivity contribution is -0.274. The van der Waals surface area contributed by atoms with Crippen LogP contribution in [0.3, 0.4) is 0 Å². The molecule has 10 heteroatoms. The van der Waals surface area contributed by atoms with Gasteiger partial charge in [0.25, 0.3) is 5.91 Å². The van der Waals surface area contributed by atoms with E-state index in [9.17, 15) is 27.2 Å². The highest BCUT2D eigenvalue weighted by atomic mass is 19.4. The number of amides is 3. The Balaban J connectivity index is 1.54. The number of carbonyl (C=O) groups excluding carboxylic acids is 2. The second-order valence-corrected chi connectivity index (χ2v) is 7.68. The summed E-state index contributed by atoms with van der Waals surface area (Å²) in [4.78, 5) is 30.8. The van der Waals surface area contributed by atoms with Crippen LogP contribution in [-0.4, -0.2) is 28.8 Å². The molecular weight excluding hydrogens is 442 g/mol. The number of urea groups is 1. The summed E-state index contributed by atoms with van der Waals surface area (Å²) in [7, 11) is 0. The van der Waals surface area contributed by atoms with Crippen LogP contribution < -0.4 is 15.0 Å². The third-order valence-electron chi connectivity index (χ3n) is 5.11. The number of aromatic nitrogens is 1. The molecule has 1 aliphatic heterocycles. The first-order chi connectivity index (χ1) is 15.5. The van der Waals surface area contributed by atoms with Crippen molar-refractivity contribution < 1.29 is 31.9 Å². The van der Waals surface area contributed by atoms with Crippen LogP contribution in [0.4, 0.5) is 28.0 Å². The molecule has 1 aliphatic rings. The fourth-order valence-electron chi connectivity index (χ4n) is 3.61. The predicted molar refractivity (Wildman–Crippen MR) is 111 cm³/mol. The number of nitrogens with one attached hydrogen (secondary N) is 1. The number of hydrogen-bond donors (Lipinski definition) is 1. The summed E-state index contributed by atoms with van der Waals surface area (Å²) in [5, 5.41) is 2.65. The number of hydrogen-bond acceptors (Lipinski definition) is 4. The van der Waals surface area contributed by atoms with Crippen molar-refractivity contribution in [1.82, 2.24) is 10.3 Å². The number of pyridine rings is 1. The topological polar surface area (TPSA) is 71.5 Å². The molecule has 1 saturated heterocycles. The van der Waals surface area contributed by atoms with Crippen molar-refractivity contribution in [2.75, 3.05) is 4.90 Å². The summed E-state index contributed by atoms with van der Waals surface area (Å²) in [5.41, 5.74) is 0.784. The Hall–Kier alpha value is -3.95. The quantitative estimate of drug-likeness (QED) is 0.438. The van der Waals surface area contributed by atoms with Crippen molar-refractivity contribution in [2.24, 2.45) is 0 Å². The van der Waals surface area contributed by atoms with E-state index < -0.39 is 29.6 Å². The molecule has 0 spiro atoms. The Morgan fingerprint density at radius 2 is 1.70 bits per heavy atom. The lowest BCUT2D eigenvalue weighted by Crippen LogP contribution is -2.46. The van der Waals surface area contributed by atoms with Crippen molar-refractivity contribution in [2.45, 2.75) is 25.2 Å². The number of halogens is 4. The molecule has 1 unspecified atom stereocenters. The van der Waals surface area contributed by atoms with E-state index in [2.05, 4.69) is 15.0 Å². The minimum Gasteiger partial charge on any atom is -0.406 e. The molecule has 1 fully saturated rings. The molecule has 2 aromatic carbocycles. The van der Waals surface area contributed by atoms with Gasteiger partial charge >= 0.3 is 12.4 Å². The van der Waals surface area contributed by atoms with Gasteiger partial charge in [0.1, 0.15) is 17.1 Å². The van der Waals surface area contributed by atoms with Crippen LogP contribution in [0, 0.1) is 5.82 Å². The van der Waals surface area contributed by atoms with E-state index in [0.29, 0.717) is 16.8 Å². The maximum Gasteiger partial charge on any atom is 0.573 e. The molecule has 33 heavy (non-hydrogen) atoms. The van der Waals surface area contributed by atoms with Gasteiger partial charge in [-0.15, -0.1) is 13.2 Å². The summed E-state index contributed by atoms with van der Waals surface area (Å²) in [6.07, 6.45) is -3.16. The van der Waals surface area contributed by atoms with Gasteiger partial charge in [-0.05, 0) is 73.2 Å². The number of alkyl halides is 3. The van der Waals surface area contributed by atoms with E-state index in [4.69, 9.17) is 0 Å². The molecule has 3 aromatic rings. The van der Waals surface area contributed by atoms with E-state index in [0.717, 1.165) is 17.0 Å². The number of ether oxygens (including phenoxy) is 1. The van der Waals surface area contributed by atoms with Crippen LogP contribution in [-0.2, 0) is 11.2 Å². The van der Waals surface area contributed by atoms with Crippen LogP contribution in [0.2, 0.25) is 0 Å². The Kier molecular flexibility index (Phi) is 5.52. The fraction of sp³-hybridized carbons (Fsp3) is 0.174. The zero-order chi connectivity index (χ0) is 23.8. The zero-order valence-electron chi connectivity index (χ0n) is 17.2. The van der Waals surface area contributed by atoms with Crippen molar-refractivity contribution >= 4 is 17.6 Å². The summed E-state index contributed by atoms with van der Waals surface area (Å²) < 4.78 is 54.1. The van der Waals surface area contributed by atoms with Gasteiger partial charge in [0.2, 0.25) is 0 Å². The average Bonchev–Trinajstić information content (AvgIpc) is 2.96. The summed E-state index contributed by atoms with van der Waals surface area (Å²) >= 11 is 0. The van der Waals surface area contributed by atoms with Crippen molar-refractivity contribution in [1.29, 1.82) is 0 Å². The average molecular weight is 459 g/mol. The van der Waals surface area contributed by atoms with Gasteiger partial charge in [0.05, 0.1) is 11.4 Å². The molecule has 1 aromatic heterocycles. The summed E-state index contributed by atoms with van der Waals surface area (Å²) in [5.74, 6) is -1.40. The summed E-state index contributed by atoms with van der Waals surface area (Å²) in [6.45, 7) is 1.56. The zero-order valence-corrected chi connectivity index (χ0v) is 17.2. The van der Waals surface area contributed by atoms with Gasteiger partial charge in [-0.2, -0.15) is 0 Å². The van der Waals surface area contributed by atoms with Crippen LogP contribution in [0.15, 0.2) is 66.9 Å². The van der Waals surface area contributed by atoms with E-state index in [1.54, 1.807) is 37.4 Å². The molecule has 170 valence electrons. The van der Waals surface area contributed by atoms with Crippen LogP contribution in [0.1, 0.15) is 12.5 Å². The Bertz CT molecular complexity index is 1200. The maximum atomic E-state index is 13.2. The smallest absolute Gasteiger partial charge is 0.406 e. The molecule has 4 rings (SSSR count). The van der Waals surface area contributed by atoms with E-state index >= 15 is 0 Å². The minimum absolute atomic E-state index is 0.109. The molecule has 3 amide bonds. The minimum atomic E-state index is -4.85. The Labute approximate surface area is 185 Å². The molecule has 1 N–H and O–H groups in total. The Morgan fingerprint density at radius 1 is 1.03 bits per heavy atom. The van der Waals surface area contributed by atoms with Gasteiger partial charge in [0, 0.05) is 18.2 Å². The second-order valence-electron chi connectivity index (χ2n) is 7.68. The number of anilines is 1. The third kappa shape index (κ3) is 4.79. The lowest BCUT2D eigenvalue weighted by atomic mass is 9.92. The van der Waals surface area contributed by atoms with Crippen molar-refractivity contribution in [3.8, 4) is 17.0 Å². The van der Waals surface area contributed by atoms with Gasteiger partial charge < -0.3 is 10.1 Å². The van der Waals surface area contributed by atoms with Crippen molar-refractivity contribution in [3.05, 3.63) is 78.2 Å². The van der Waals surface area contributed by atoms with Crippen LogP contribution in [0.5, 0.6) is 5.75 Å². The highest BCUT2D eigenvalue weighted by molar-refractivity contribution is 6.23. The van der Waals surface area contributed by atoms with Crippen molar-refractivity contribution in [3.63, 3.8) is 0 Å². The monoisotopic (exact) mass is 459 g/mol. The molecular formula is C23H17F4N3O3. The molecule has 0 saturated carbocycles. The molecule has 0 radical (unpaired) electrons. The summed E-state index contributed by atoms with van der Waals surface area (Å²) in [6, 6.07) is 13.0.